The molecule has 0 amide bonds. The maximum absolute atomic E-state index is 9.19. The molecule has 0 radical (unpaired) electrons. The summed E-state index contributed by atoms with van der Waals surface area (Å²) in [4.78, 5) is 3.05. The first kappa shape index (κ1) is 33.1. The molecular weight excluding hydrogens is 432 g/mol. The van der Waals surface area contributed by atoms with Gasteiger partial charge in [0.2, 0.25) is 0 Å². The van der Waals surface area contributed by atoms with Gasteiger partial charge in [0, 0.05) is 12.3 Å². The minimum absolute atomic E-state index is 0.207. The van der Waals surface area contributed by atoms with E-state index < -0.39 is 25.2 Å². The lowest BCUT2D eigenvalue weighted by Crippen LogP contribution is -2.58. The van der Waals surface area contributed by atoms with Crippen LogP contribution in [0.5, 0.6) is 0 Å². The Morgan fingerprint density at radius 1 is 0.655 bits per heavy atom. The second-order valence-electron chi connectivity index (χ2n) is 7.71. The summed E-state index contributed by atoms with van der Waals surface area (Å²) in [5.74, 6) is 0. The fourth-order valence-corrected chi connectivity index (χ4v) is 17.0. The Morgan fingerprint density at radius 2 is 0.862 bits per heavy atom. The van der Waals surface area contributed by atoms with E-state index in [9.17, 15) is 20.4 Å². The molecule has 0 aromatic heterocycles. The van der Waals surface area contributed by atoms with Crippen molar-refractivity contribution in [2.24, 2.45) is 0 Å². The van der Waals surface area contributed by atoms with Gasteiger partial charge in [0.25, 0.3) is 0 Å². The van der Waals surface area contributed by atoms with Crippen molar-refractivity contribution in [1.82, 2.24) is 9.80 Å². The third kappa shape index (κ3) is 20.5. The topological polar surface area (TPSA) is 146 Å². The fraction of sp³-hybridized carbons (Fsp3) is 0.750. The molecule has 6 N–H and O–H groups in total. The molecule has 0 aliphatic heterocycles. The van der Waals surface area contributed by atoms with Crippen molar-refractivity contribution in [3.8, 4) is 0 Å². The van der Waals surface area contributed by atoms with Gasteiger partial charge in [-0.1, -0.05) is 13.2 Å². The average Bonchev–Trinajstić information content (AvgIpc) is 2.56. The quantitative estimate of drug-likeness (QED) is 0.137. The second kappa shape index (κ2) is 17.1. The van der Waals surface area contributed by atoms with Crippen LogP contribution < -0.4 is 0 Å². The van der Waals surface area contributed by atoms with Gasteiger partial charge in [-0.05, 0) is 39.3 Å². The molecule has 13 heteroatoms. The molecule has 0 heterocycles. The van der Waals surface area contributed by atoms with E-state index in [1.807, 2.05) is 39.3 Å². The third-order valence-electron chi connectivity index (χ3n) is 3.05. The van der Waals surface area contributed by atoms with E-state index in [0.29, 0.717) is 12.3 Å². The Balaban J connectivity index is -0.000000993. The third-order valence-corrected chi connectivity index (χ3v) is 13.8. The predicted octanol–water partition coefficient (Wildman–Crippen LogP) is 0.989. The van der Waals surface area contributed by atoms with E-state index in [0.717, 1.165) is 12.5 Å². The molecule has 0 saturated heterocycles. The molecular formula is C16H42N2O8Si3. The van der Waals surface area contributed by atoms with Crippen LogP contribution in [-0.2, 0) is 8.23 Å². The van der Waals surface area contributed by atoms with Crippen LogP contribution in [0, 0.1) is 0 Å². The van der Waals surface area contributed by atoms with Gasteiger partial charge in [0.05, 0.1) is 39.4 Å². The number of hydrogen-bond donors (Lipinski definition) is 6. The van der Waals surface area contributed by atoms with Crippen LogP contribution in [0.1, 0.15) is 0 Å². The molecule has 29 heavy (non-hydrogen) atoms. The summed E-state index contributed by atoms with van der Waals surface area (Å²) in [6.45, 7) is 17.1. The molecule has 176 valence electrons. The maximum Gasteiger partial charge on any atom is 0.311 e. The van der Waals surface area contributed by atoms with Crippen LogP contribution in [0.4, 0.5) is 0 Å². The maximum atomic E-state index is 9.19. The molecule has 0 spiro atoms. The Bertz CT molecular complexity index is 385. The normalized spacial score (nSPS) is 12.0. The van der Waals surface area contributed by atoms with Gasteiger partial charge in [-0.2, -0.15) is 0 Å². The van der Waals surface area contributed by atoms with Crippen molar-refractivity contribution >= 4 is 25.2 Å². The zero-order chi connectivity index (χ0) is 23.7. The zero-order valence-corrected chi connectivity index (χ0v) is 21.7. The lowest BCUT2D eigenvalue weighted by molar-refractivity contribution is 0.0394. The van der Waals surface area contributed by atoms with Crippen LogP contribution in [0.3, 0.4) is 0 Å². The van der Waals surface area contributed by atoms with Crippen molar-refractivity contribution in [2.75, 3.05) is 39.3 Å². The molecule has 0 aliphatic carbocycles. The molecule has 0 rings (SSSR count). The Hall–Kier alpha value is -0.589. The molecule has 0 fully saturated rings. The van der Waals surface area contributed by atoms with E-state index in [-0.39, 0.29) is 26.9 Å². The molecule has 0 aromatic carbocycles. The SMILES string of the molecule is C=CO.C=CO.C[Si](C)(CN(CO)CO)O[Si](C)(C)O[Si](C)(C)CN(CO)CO. The molecule has 10 nitrogen and oxygen atoms in total. The number of hydrogen-bond acceptors (Lipinski definition) is 10. The van der Waals surface area contributed by atoms with Gasteiger partial charge in [-0.3, -0.25) is 9.80 Å². The van der Waals surface area contributed by atoms with E-state index in [1.165, 1.54) is 9.80 Å². The van der Waals surface area contributed by atoms with Crippen molar-refractivity contribution in [3.63, 3.8) is 0 Å². The average molecular weight is 475 g/mol. The zero-order valence-electron chi connectivity index (χ0n) is 18.7. The van der Waals surface area contributed by atoms with Gasteiger partial charge in [0.1, 0.15) is 0 Å². The number of rotatable bonds is 12. The van der Waals surface area contributed by atoms with Gasteiger partial charge < -0.3 is 38.9 Å². The number of aliphatic hydroxyl groups excluding tert-OH is 6. The first-order chi connectivity index (χ1) is 13.2. The lowest BCUT2D eigenvalue weighted by Gasteiger charge is -2.40. The van der Waals surface area contributed by atoms with Crippen LogP contribution in [0.15, 0.2) is 25.7 Å². The second-order valence-corrected chi connectivity index (χ2v) is 19.8. The largest absolute Gasteiger partial charge is 0.516 e. The van der Waals surface area contributed by atoms with Crippen LogP contribution in [0.25, 0.3) is 0 Å². The van der Waals surface area contributed by atoms with E-state index in [1.54, 1.807) is 0 Å². The van der Waals surface area contributed by atoms with Crippen molar-refractivity contribution in [1.29, 1.82) is 0 Å². The first-order valence-electron chi connectivity index (χ1n) is 9.02. The van der Waals surface area contributed by atoms with Crippen molar-refractivity contribution in [3.05, 3.63) is 25.7 Å². The highest BCUT2D eigenvalue weighted by molar-refractivity contribution is 6.87. The number of nitrogens with zero attached hydrogens (tertiary/aromatic N) is 2. The van der Waals surface area contributed by atoms with Gasteiger partial charge in [0.15, 0.2) is 16.6 Å². The summed E-state index contributed by atoms with van der Waals surface area (Å²) in [6, 6.07) is 0. The summed E-state index contributed by atoms with van der Waals surface area (Å²) in [6.07, 6.45) is 2.53. The van der Waals surface area contributed by atoms with Crippen molar-refractivity contribution < 1.29 is 38.9 Å². The van der Waals surface area contributed by atoms with Crippen LogP contribution >= 0.6 is 0 Å². The summed E-state index contributed by atoms with van der Waals surface area (Å²) in [5, 5.41) is 51.4. The van der Waals surface area contributed by atoms with Gasteiger partial charge in [-0.25, -0.2) is 0 Å². The summed E-state index contributed by atoms with van der Waals surface area (Å²) in [7, 11) is -6.71. The lowest BCUT2D eigenvalue weighted by atomic mass is 10.9. The summed E-state index contributed by atoms with van der Waals surface area (Å²) >= 11 is 0. The minimum atomic E-state index is -2.42. The molecule has 0 aliphatic rings. The fourth-order valence-electron chi connectivity index (χ4n) is 2.78. The van der Waals surface area contributed by atoms with Gasteiger partial charge >= 0.3 is 8.56 Å². The standard InChI is InChI=1S/C12H34N2O6Si3.2C2H4O/c1-21(2,11-13(7-15)8-16)19-23(5,6)20-22(3,4)12-14(9-17)10-18;2*1-2-3/h15-18H,7-12H2,1-6H3;2*2-3H,1H2. The molecule has 0 unspecified atom stereocenters. The predicted molar refractivity (Wildman–Crippen MR) is 122 cm³/mol. The van der Waals surface area contributed by atoms with Crippen molar-refractivity contribution in [2.45, 2.75) is 39.3 Å². The molecule has 0 atom stereocenters. The minimum Gasteiger partial charge on any atom is -0.516 e. The highest BCUT2D eigenvalue weighted by atomic mass is 28.5. The monoisotopic (exact) mass is 474 g/mol. The molecule has 0 bridgehead atoms. The van der Waals surface area contributed by atoms with Gasteiger partial charge in [-0.15, -0.1) is 0 Å². The number of aliphatic hydroxyl groups is 6. The highest BCUT2D eigenvalue weighted by Gasteiger charge is 2.40. The van der Waals surface area contributed by atoms with E-state index in [4.69, 9.17) is 18.4 Å². The summed E-state index contributed by atoms with van der Waals surface area (Å²) in [5.41, 5.74) is 0. The Labute approximate surface area is 178 Å². The summed E-state index contributed by atoms with van der Waals surface area (Å²) < 4.78 is 12.7. The molecule has 0 aromatic rings. The Kier molecular flexibility index (Phi) is 19.5. The van der Waals surface area contributed by atoms with Crippen LogP contribution in [-0.4, -0.2) is 105 Å². The highest BCUT2D eigenvalue weighted by Crippen LogP contribution is 2.21. The Morgan fingerprint density at radius 3 is 1.03 bits per heavy atom. The first-order valence-corrected chi connectivity index (χ1v) is 18.1. The smallest absolute Gasteiger partial charge is 0.311 e. The molecule has 0 saturated carbocycles. The van der Waals surface area contributed by atoms with E-state index in [2.05, 4.69) is 13.2 Å². The van der Waals surface area contributed by atoms with E-state index >= 15 is 0 Å². The van der Waals surface area contributed by atoms with Crippen LogP contribution in [0.2, 0.25) is 39.3 Å².